The number of aliphatic carboxylic acids is 1. The van der Waals surface area contributed by atoms with E-state index in [0.717, 1.165) is 10.0 Å². The predicted molar refractivity (Wildman–Crippen MR) is 56.6 cm³/mol. The summed E-state index contributed by atoms with van der Waals surface area (Å²) in [6, 6.07) is 3.05. The van der Waals surface area contributed by atoms with Gasteiger partial charge in [-0.05, 0) is 37.1 Å². The maximum absolute atomic E-state index is 10.8. The van der Waals surface area contributed by atoms with Gasteiger partial charge in [-0.1, -0.05) is 15.9 Å². The van der Waals surface area contributed by atoms with Crippen molar-refractivity contribution in [1.82, 2.24) is 0 Å². The molecule has 0 aromatic heterocycles. The number of halogens is 1. The van der Waals surface area contributed by atoms with Gasteiger partial charge in [-0.2, -0.15) is 0 Å². The summed E-state index contributed by atoms with van der Waals surface area (Å²) in [5, 5.41) is 18.2. The van der Waals surface area contributed by atoms with E-state index in [2.05, 4.69) is 15.9 Å². The first-order chi connectivity index (χ1) is 6.43. The normalized spacial score (nSPS) is 12.5. The van der Waals surface area contributed by atoms with Crippen LogP contribution in [0.15, 0.2) is 16.6 Å². The number of carbonyl (C=O) groups is 1. The summed E-state index contributed by atoms with van der Waals surface area (Å²) in [5.74, 6) is -1.44. The number of rotatable bonds is 2. The number of phenolic OH excluding ortho intramolecular Hbond substituents is 1. The van der Waals surface area contributed by atoms with Gasteiger partial charge in [-0.3, -0.25) is 4.79 Å². The maximum Gasteiger partial charge on any atom is 0.310 e. The van der Waals surface area contributed by atoms with Crippen LogP contribution in [0.4, 0.5) is 0 Å². The first kappa shape index (κ1) is 11.0. The molecule has 0 aliphatic heterocycles. The van der Waals surface area contributed by atoms with Gasteiger partial charge in [0.2, 0.25) is 0 Å². The van der Waals surface area contributed by atoms with E-state index in [9.17, 15) is 9.90 Å². The van der Waals surface area contributed by atoms with E-state index in [1.165, 1.54) is 6.07 Å². The highest BCUT2D eigenvalue weighted by Gasteiger charge is 2.18. The summed E-state index contributed by atoms with van der Waals surface area (Å²) in [6.45, 7) is 3.39. The molecule has 2 N–H and O–H groups in total. The fraction of sp³-hybridized carbons (Fsp3) is 0.300. The lowest BCUT2D eigenvalue weighted by atomic mass is 9.99. The Bertz CT molecular complexity index is 374. The average Bonchev–Trinajstić information content (AvgIpc) is 2.09. The van der Waals surface area contributed by atoms with Crippen molar-refractivity contribution >= 4 is 21.9 Å². The van der Waals surface area contributed by atoms with Crippen molar-refractivity contribution in [1.29, 1.82) is 0 Å². The van der Waals surface area contributed by atoms with Crippen molar-refractivity contribution in [2.24, 2.45) is 0 Å². The molecule has 0 amide bonds. The van der Waals surface area contributed by atoms with Crippen LogP contribution in [0.5, 0.6) is 5.75 Å². The number of hydrogen-bond acceptors (Lipinski definition) is 2. The second-order valence-corrected chi connectivity index (χ2v) is 4.02. The van der Waals surface area contributed by atoms with E-state index in [0.29, 0.717) is 5.56 Å². The highest BCUT2D eigenvalue weighted by Crippen LogP contribution is 2.31. The van der Waals surface area contributed by atoms with Crippen LogP contribution in [0.25, 0.3) is 0 Å². The van der Waals surface area contributed by atoms with Gasteiger partial charge in [0.1, 0.15) is 5.75 Å². The van der Waals surface area contributed by atoms with Crippen molar-refractivity contribution < 1.29 is 15.0 Å². The van der Waals surface area contributed by atoms with Crippen molar-refractivity contribution in [3.05, 3.63) is 27.7 Å². The molecule has 0 fully saturated rings. The second kappa shape index (κ2) is 4.00. The molecule has 1 rings (SSSR count). The van der Waals surface area contributed by atoms with Crippen LogP contribution in [0.1, 0.15) is 24.0 Å². The molecule has 1 aromatic rings. The molecular formula is C10H11BrO3. The van der Waals surface area contributed by atoms with Gasteiger partial charge in [0.15, 0.2) is 0 Å². The summed E-state index contributed by atoms with van der Waals surface area (Å²) >= 11 is 3.31. The molecule has 76 valence electrons. The average molecular weight is 259 g/mol. The number of carboxylic acids is 1. The molecule has 0 aliphatic rings. The van der Waals surface area contributed by atoms with Gasteiger partial charge < -0.3 is 10.2 Å². The van der Waals surface area contributed by atoms with Gasteiger partial charge in [0.25, 0.3) is 0 Å². The minimum absolute atomic E-state index is 0.0915. The largest absolute Gasteiger partial charge is 0.508 e. The summed E-state index contributed by atoms with van der Waals surface area (Å²) in [7, 11) is 0. The lowest BCUT2D eigenvalue weighted by Crippen LogP contribution is -2.08. The number of carboxylic acid groups (broad SMARTS) is 1. The van der Waals surface area contributed by atoms with E-state index < -0.39 is 11.9 Å². The van der Waals surface area contributed by atoms with Crippen molar-refractivity contribution in [2.75, 3.05) is 0 Å². The van der Waals surface area contributed by atoms with E-state index in [4.69, 9.17) is 5.11 Å². The topological polar surface area (TPSA) is 57.5 Å². The number of aryl methyl sites for hydroxylation is 1. The molecule has 1 aromatic carbocycles. The summed E-state index contributed by atoms with van der Waals surface area (Å²) in [5.41, 5.74) is 1.42. The maximum atomic E-state index is 10.8. The van der Waals surface area contributed by atoms with Crippen LogP contribution in [-0.2, 0) is 4.79 Å². The van der Waals surface area contributed by atoms with E-state index in [1.807, 2.05) is 6.92 Å². The van der Waals surface area contributed by atoms with Crippen LogP contribution in [0.2, 0.25) is 0 Å². The molecule has 0 saturated heterocycles. The van der Waals surface area contributed by atoms with Gasteiger partial charge in [0, 0.05) is 4.47 Å². The minimum atomic E-state index is -0.907. The summed E-state index contributed by atoms with van der Waals surface area (Å²) in [4.78, 5) is 10.8. The fourth-order valence-electron chi connectivity index (χ4n) is 1.23. The molecule has 3 nitrogen and oxygen atoms in total. The molecule has 0 radical (unpaired) electrons. The van der Waals surface area contributed by atoms with Gasteiger partial charge >= 0.3 is 5.97 Å². The van der Waals surface area contributed by atoms with Gasteiger partial charge in [-0.25, -0.2) is 0 Å². The van der Waals surface area contributed by atoms with Crippen molar-refractivity contribution in [3.8, 4) is 5.75 Å². The monoisotopic (exact) mass is 258 g/mol. The fourth-order valence-corrected chi connectivity index (χ4v) is 1.80. The summed E-state index contributed by atoms with van der Waals surface area (Å²) < 4.78 is 0.741. The Hall–Kier alpha value is -1.03. The molecule has 14 heavy (non-hydrogen) atoms. The zero-order valence-corrected chi connectivity index (χ0v) is 9.50. The molecule has 0 bridgehead atoms. The Kier molecular flexibility index (Phi) is 3.16. The summed E-state index contributed by atoms with van der Waals surface area (Å²) in [6.07, 6.45) is 0. The molecule has 1 unspecified atom stereocenters. The molecule has 0 saturated carbocycles. The molecule has 4 heteroatoms. The quantitative estimate of drug-likeness (QED) is 0.858. The molecule has 0 aliphatic carbocycles. The first-order valence-corrected chi connectivity index (χ1v) is 4.94. The molecule has 0 spiro atoms. The van der Waals surface area contributed by atoms with Crippen LogP contribution in [0.3, 0.4) is 0 Å². The standard InChI is InChI=1S/C10H11BrO3/c1-5-3-7(12)4-8(9(5)11)6(2)10(13)14/h3-4,6,12H,1-2H3,(H,13,14). The van der Waals surface area contributed by atoms with Crippen molar-refractivity contribution in [2.45, 2.75) is 19.8 Å². The Labute approximate surface area is 90.5 Å². The smallest absolute Gasteiger partial charge is 0.310 e. The Morgan fingerprint density at radius 3 is 2.57 bits per heavy atom. The Morgan fingerprint density at radius 1 is 1.50 bits per heavy atom. The lowest BCUT2D eigenvalue weighted by Gasteiger charge is -2.11. The zero-order valence-electron chi connectivity index (χ0n) is 7.91. The van der Waals surface area contributed by atoms with Gasteiger partial charge in [0.05, 0.1) is 5.92 Å². The van der Waals surface area contributed by atoms with Crippen LogP contribution < -0.4 is 0 Å². The Morgan fingerprint density at radius 2 is 2.07 bits per heavy atom. The Balaban J connectivity index is 3.26. The van der Waals surface area contributed by atoms with Crippen LogP contribution >= 0.6 is 15.9 Å². The third kappa shape index (κ3) is 2.07. The van der Waals surface area contributed by atoms with Crippen LogP contribution in [0, 0.1) is 6.92 Å². The SMILES string of the molecule is Cc1cc(O)cc(C(C)C(=O)O)c1Br. The number of aromatic hydroxyl groups is 1. The van der Waals surface area contributed by atoms with Crippen LogP contribution in [-0.4, -0.2) is 16.2 Å². The number of hydrogen-bond donors (Lipinski definition) is 2. The van der Waals surface area contributed by atoms with Crippen molar-refractivity contribution in [3.63, 3.8) is 0 Å². The van der Waals surface area contributed by atoms with E-state index in [1.54, 1.807) is 13.0 Å². The first-order valence-electron chi connectivity index (χ1n) is 4.15. The van der Waals surface area contributed by atoms with E-state index in [-0.39, 0.29) is 5.75 Å². The molecule has 0 heterocycles. The predicted octanol–water partition coefficient (Wildman–Crippen LogP) is 2.65. The zero-order chi connectivity index (χ0) is 10.9. The number of benzene rings is 1. The number of phenols is 1. The molecule has 1 atom stereocenters. The second-order valence-electron chi connectivity index (χ2n) is 3.23. The lowest BCUT2D eigenvalue weighted by molar-refractivity contribution is -0.138. The van der Waals surface area contributed by atoms with Gasteiger partial charge in [-0.15, -0.1) is 0 Å². The highest BCUT2D eigenvalue weighted by atomic mass is 79.9. The molecular weight excluding hydrogens is 248 g/mol. The van der Waals surface area contributed by atoms with E-state index >= 15 is 0 Å². The minimum Gasteiger partial charge on any atom is -0.508 e. The third-order valence-corrected chi connectivity index (χ3v) is 3.19. The highest BCUT2D eigenvalue weighted by molar-refractivity contribution is 9.10. The third-order valence-electron chi connectivity index (χ3n) is 2.10.